The molecule has 6 atom stereocenters. The third-order valence-electron chi connectivity index (χ3n) is 9.43. The van der Waals surface area contributed by atoms with E-state index in [1.54, 1.807) is 11.1 Å². The van der Waals surface area contributed by atoms with E-state index in [0.717, 1.165) is 0 Å². The van der Waals surface area contributed by atoms with Crippen LogP contribution in [0, 0.1) is 44.8 Å². The summed E-state index contributed by atoms with van der Waals surface area (Å²) in [5.41, 5.74) is 3.98. The average molecular weight is 398 g/mol. The first-order valence-electron chi connectivity index (χ1n) is 11.7. The Kier molecular flexibility index (Phi) is 5.00. The highest BCUT2D eigenvalue weighted by molar-refractivity contribution is 5.50. The Hall–Kier alpha value is -0.820. The highest BCUT2D eigenvalue weighted by Crippen LogP contribution is 2.71. The van der Waals surface area contributed by atoms with Gasteiger partial charge < -0.3 is 4.90 Å². The van der Waals surface area contributed by atoms with E-state index in [2.05, 4.69) is 119 Å². The van der Waals surface area contributed by atoms with Crippen LogP contribution in [-0.2, 0) is 0 Å². The highest BCUT2D eigenvalue weighted by Gasteiger charge is 2.66. The maximum absolute atomic E-state index is 2.62. The Balaban J connectivity index is 2.53. The zero-order valence-corrected chi connectivity index (χ0v) is 21.6. The van der Waals surface area contributed by atoms with Crippen LogP contribution >= 0.6 is 0 Å². The topological polar surface area (TPSA) is 3.24 Å². The van der Waals surface area contributed by atoms with E-state index in [0.29, 0.717) is 23.8 Å². The van der Waals surface area contributed by atoms with Crippen molar-refractivity contribution in [3.8, 4) is 0 Å². The van der Waals surface area contributed by atoms with E-state index < -0.39 is 0 Å². The molecule has 0 amide bonds. The molecule has 1 saturated carbocycles. The number of hydrogen-bond donors (Lipinski definition) is 0. The maximum Gasteiger partial charge on any atom is 0.0272 e. The molecule has 1 nitrogen and oxygen atoms in total. The van der Waals surface area contributed by atoms with Gasteiger partial charge in [0.25, 0.3) is 0 Å². The van der Waals surface area contributed by atoms with Crippen LogP contribution in [0.1, 0.15) is 76.2 Å². The predicted octanol–water partition coefficient (Wildman–Crippen LogP) is 7.37. The Labute approximate surface area is 181 Å². The van der Waals surface area contributed by atoms with Crippen LogP contribution in [0.25, 0.3) is 0 Å². The van der Waals surface area contributed by atoms with Gasteiger partial charge in [0.2, 0.25) is 0 Å². The van der Waals surface area contributed by atoms with Gasteiger partial charge in [-0.2, -0.15) is 0 Å². The van der Waals surface area contributed by atoms with Crippen molar-refractivity contribution >= 4 is 0 Å². The van der Waals surface area contributed by atoms with Gasteiger partial charge in [-0.3, -0.25) is 0 Å². The van der Waals surface area contributed by atoms with Crippen molar-refractivity contribution in [1.82, 2.24) is 4.90 Å². The molecule has 0 radical (unpaired) electrons. The van der Waals surface area contributed by atoms with Gasteiger partial charge >= 0.3 is 0 Å². The Morgan fingerprint density at radius 3 is 1.62 bits per heavy atom. The van der Waals surface area contributed by atoms with E-state index in [1.165, 1.54) is 0 Å². The first-order chi connectivity index (χ1) is 12.9. The molecule has 0 spiro atoms. The molecule has 3 aliphatic rings. The minimum atomic E-state index is 0.0277. The quantitative estimate of drug-likeness (QED) is 0.418. The Morgan fingerprint density at radius 2 is 1.21 bits per heavy atom. The Bertz CT molecular complexity index is 763. The number of hydrogen-bond acceptors (Lipinski definition) is 1. The molecule has 3 rings (SSSR count). The molecule has 3 aliphatic carbocycles. The molecule has 0 aromatic rings. The summed E-state index contributed by atoms with van der Waals surface area (Å²) >= 11 is 0. The lowest BCUT2D eigenvalue weighted by Gasteiger charge is -2.58. The van der Waals surface area contributed by atoms with Gasteiger partial charge in [0, 0.05) is 16.9 Å². The van der Waals surface area contributed by atoms with Gasteiger partial charge in [0.15, 0.2) is 0 Å². The van der Waals surface area contributed by atoms with Crippen molar-refractivity contribution in [1.29, 1.82) is 0 Å². The standard InChI is InChI=1S/C28H47N/c1-18-14-16-27(10)21-20(18)19(2)15-17-28(21,11)23(29(12)13)26(8,9)25(6,7)22(27)24(3,4)5/h14-19,22-23H,1-13H3. The van der Waals surface area contributed by atoms with Crippen molar-refractivity contribution in [3.63, 3.8) is 0 Å². The maximum atomic E-state index is 2.62. The van der Waals surface area contributed by atoms with Crippen molar-refractivity contribution in [2.75, 3.05) is 14.1 Å². The summed E-state index contributed by atoms with van der Waals surface area (Å²) in [4.78, 5) is 2.53. The second kappa shape index (κ2) is 6.35. The van der Waals surface area contributed by atoms with Gasteiger partial charge in [-0.25, -0.2) is 0 Å². The third-order valence-corrected chi connectivity index (χ3v) is 9.43. The largest absolute Gasteiger partial charge is 0.305 e. The van der Waals surface area contributed by atoms with E-state index in [-0.39, 0.29) is 27.1 Å². The summed E-state index contributed by atoms with van der Waals surface area (Å²) in [6.45, 7) is 27.6. The van der Waals surface area contributed by atoms with Crippen LogP contribution in [-0.4, -0.2) is 25.0 Å². The summed E-state index contributed by atoms with van der Waals surface area (Å²) in [7, 11) is 4.60. The van der Waals surface area contributed by atoms with E-state index in [9.17, 15) is 0 Å². The average Bonchev–Trinajstić information content (AvgIpc) is 2.54. The van der Waals surface area contributed by atoms with E-state index in [1.807, 2.05) is 0 Å². The normalized spacial score (nSPS) is 43.4. The number of rotatable bonds is 1. The molecular weight excluding hydrogens is 350 g/mol. The molecule has 1 fully saturated rings. The summed E-state index contributed by atoms with van der Waals surface area (Å²) in [5, 5.41) is 0. The second-order valence-electron chi connectivity index (χ2n) is 13.3. The van der Waals surface area contributed by atoms with Crippen LogP contribution in [0.3, 0.4) is 0 Å². The van der Waals surface area contributed by atoms with Crippen molar-refractivity contribution in [2.24, 2.45) is 44.8 Å². The Morgan fingerprint density at radius 1 is 0.759 bits per heavy atom. The van der Waals surface area contributed by atoms with Crippen molar-refractivity contribution in [3.05, 3.63) is 35.5 Å². The molecule has 29 heavy (non-hydrogen) atoms. The lowest BCUT2D eigenvalue weighted by molar-refractivity contribution is -0.0861. The molecule has 0 aromatic heterocycles. The van der Waals surface area contributed by atoms with Gasteiger partial charge in [0.05, 0.1) is 0 Å². The molecular formula is C28H47N. The third kappa shape index (κ3) is 2.82. The first-order valence-corrected chi connectivity index (χ1v) is 11.7. The minimum absolute atomic E-state index is 0.0277. The van der Waals surface area contributed by atoms with Gasteiger partial charge in [0.1, 0.15) is 0 Å². The van der Waals surface area contributed by atoms with Crippen LogP contribution < -0.4 is 0 Å². The van der Waals surface area contributed by atoms with Crippen LogP contribution in [0.5, 0.6) is 0 Å². The van der Waals surface area contributed by atoms with Gasteiger partial charge in [-0.1, -0.05) is 106 Å². The second-order valence-corrected chi connectivity index (χ2v) is 13.3. The summed E-state index contributed by atoms with van der Waals surface area (Å²) < 4.78 is 0. The molecule has 0 aromatic carbocycles. The predicted molar refractivity (Wildman–Crippen MR) is 128 cm³/mol. The molecule has 0 saturated heterocycles. The SMILES string of the molecule is CC1C=CC2(C)C3=C1C(C)C=CC3(C)C(C(C)(C)C)C(C)(C)C(C)(C)C2N(C)C. The summed E-state index contributed by atoms with van der Waals surface area (Å²) in [6.07, 6.45) is 10.2. The van der Waals surface area contributed by atoms with Gasteiger partial charge in [-0.15, -0.1) is 0 Å². The van der Waals surface area contributed by atoms with Crippen LogP contribution in [0.2, 0.25) is 0 Å². The zero-order valence-electron chi connectivity index (χ0n) is 21.6. The molecule has 0 aliphatic heterocycles. The van der Waals surface area contributed by atoms with E-state index >= 15 is 0 Å². The van der Waals surface area contributed by atoms with Crippen molar-refractivity contribution < 1.29 is 0 Å². The monoisotopic (exact) mass is 397 g/mol. The number of nitrogens with zero attached hydrogens (tertiary/aromatic N) is 1. The highest BCUT2D eigenvalue weighted by atomic mass is 15.1. The number of allylic oxidation sites excluding steroid dienone is 4. The summed E-state index contributed by atoms with van der Waals surface area (Å²) in [6, 6.07) is 0.434. The fraction of sp³-hybridized carbons (Fsp3) is 0.786. The lowest BCUT2D eigenvalue weighted by Crippen LogP contribution is -2.57. The fourth-order valence-corrected chi connectivity index (χ4v) is 8.99. The molecule has 1 heteroatoms. The summed E-state index contributed by atoms with van der Waals surface area (Å²) in [5.74, 6) is 1.57. The van der Waals surface area contributed by atoms with E-state index in [4.69, 9.17) is 0 Å². The lowest BCUT2D eigenvalue weighted by atomic mass is 9.46. The zero-order chi connectivity index (χ0) is 22.4. The fourth-order valence-electron chi connectivity index (χ4n) is 8.99. The van der Waals surface area contributed by atoms with Crippen LogP contribution in [0.15, 0.2) is 35.5 Å². The molecule has 0 heterocycles. The smallest absolute Gasteiger partial charge is 0.0272 e. The van der Waals surface area contributed by atoms with Crippen molar-refractivity contribution in [2.45, 2.75) is 82.2 Å². The molecule has 0 bridgehead atoms. The minimum Gasteiger partial charge on any atom is -0.305 e. The molecule has 6 unspecified atom stereocenters. The molecule has 164 valence electrons. The first kappa shape index (κ1) is 22.9. The van der Waals surface area contributed by atoms with Crippen LogP contribution in [0.4, 0.5) is 0 Å². The molecule has 0 N–H and O–H groups in total. The van der Waals surface area contributed by atoms with Gasteiger partial charge in [-0.05, 0) is 53.7 Å².